The van der Waals surface area contributed by atoms with Gasteiger partial charge in [0.15, 0.2) is 0 Å². The molecule has 0 heterocycles. The van der Waals surface area contributed by atoms with E-state index in [1.807, 2.05) is 13.0 Å². The molecule has 23 heavy (non-hydrogen) atoms. The predicted molar refractivity (Wildman–Crippen MR) is 93.6 cm³/mol. The van der Waals surface area contributed by atoms with Gasteiger partial charge in [-0.1, -0.05) is 32.8 Å². The van der Waals surface area contributed by atoms with E-state index in [1.165, 1.54) is 26.5 Å². The molecule has 0 aliphatic heterocycles. The Morgan fingerprint density at radius 2 is 1.91 bits per heavy atom. The lowest BCUT2D eigenvalue weighted by Crippen LogP contribution is -2.16. The lowest BCUT2D eigenvalue weighted by atomic mass is 9.89. The molecule has 1 aromatic rings. The maximum Gasteiger partial charge on any atom is 0.408 e. The fourth-order valence-electron chi connectivity index (χ4n) is 2.80. The van der Waals surface area contributed by atoms with Crippen molar-refractivity contribution in [3.05, 3.63) is 34.4 Å². The van der Waals surface area contributed by atoms with Gasteiger partial charge in [0.25, 0.3) is 0 Å². The topological polar surface area (TPSA) is 33.0 Å². The fraction of sp³-hybridized carbons (Fsp3) is 0.500. The number of alkyl halides is 2. The summed E-state index contributed by atoms with van der Waals surface area (Å²) in [7, 11) is 1.33. The molecule has 2 nitrogen and oxygen atoms in total. The zero-order valence-corrected chi connectivity index (χ0v) is 15.3. The molecule has 0 bridgehead atoms. The molecule has 1 unspecified atom stereocenters. The normalized spacial score (nSPS) is 12.6. The second-order valence-corrected chi connectivity index (χ2v) is 6.15. The van der Waals surface area contributed by atoms with Crippen LogP contribution >= 0.6 is 9.24 Å². The standard InChI is InChI=1S/C18H24F2NOP/c1-5-8-13(6-2)15(7-3)16-10-14(11-21)17(9-12(16)4)22-18(19,20)23/h9-10H,5-8,23H2,1-4H3/b15-13+. The average Bonchev–Trinajstić information content (AvgIpc) is 2.47. The molecule has 0 radical (unpaired) electrons. The number of aryl methyl sites for hydroxylation is 1. The number of nitrogens with zero attached hydrogens (tertiary/aromatic N) is 1. The van der Waals surface area contributed by atoms with Crippen molar-refractivity contribution in [1.82, 2.24) is 0 Å². The first-order chi connectivity index (χ1) is 10.8. The predicted octanol–water partition coefficient (Wildman–Crippen LogP) is 6.04. The van der Waals surface area contributed by atoms with Gasteiger partial charge in [-0.05, 0) is 64.3 Å². The van der Waals surface area contributed by atoms with E-state index < -0.39 is 5.85 Å². The van der Waals surface area contributed by atoms with Gasteiger partial charge < -0.3 is 4.74 Å². The number of halogens is 2. The van der Waals surface area contributed by atoms with Gasteiger partial charge in [0.05, 0.1) is 5.56 Å². The third kappa shape index (κ3) is 5.29. The van der Waals surface area contributed by atoms with Crippen LogP contribution in [0.1, 0.15) is 63.1 Å². The molecule has 0 saturated heterocycles. The van der Waals surface area contributed by atoms with Crippen molar-refractivity contribution in [3.63, 3.8) is 0 Å². The molecule has 0 aliphatic rings. The second kappa shape index (κ2) is 8.41. The zero-order chi connectivity index (χ0) is 17.6. The molecule has 0 spiro atoms. The van der Waals surface area contributed by atoms with Gasteiger partial charge >= 0.3 is 5.85 Å². The van der Waals surface area contributed by atoms with Gasteiger partial charge in [0.2, 0.25) is 0 Å². The minimum absolute atomic E-state index is 0.0854. The van der Waals surface area contributed by atoms with Gasteiger partial charge in [0.1, 0.15) is 11.8 Å². The molecule has 0 aromatic heterocycles. The van der Waals surface area contributed by atoms with Crippen LogP contribution in [0, 0.1) is 18.3 Å². The SMILES string of the molecule is CCC/C(CC)=C(\CC)c1cc(C#N)c(OC(F)(F)P)cc1C. The number of allylic oxidation sites excluding steroid dienone is 2. The van der Waals surface area contributed by atoms with Gasteiger partial charge in [-0.2, -0.15) is 14.0 Å². The number of benzene rings is 1. The van der Waals surface area contributed by atoms with Crippen LogP contribution < -0.4 is 4.74 Å². The van der Waals surface area contributed by atoms with E-state index in [2.05, 4.69) is 25.5 Å². The molecule has 0 saturated carbocycles. The highest BCUT2D eigenvalue weighted by Crippen LogP contribution is 2.35. The Morgan fingerprint density at radius 3 is 2.35 bits per heavy atom. The summed E-state index contributed by atoms with van der Waals surface area (Å²) in [5, 5.41) is 9.29. The van der Waals surface area contributed by atoms with Crippen molar-refractivity contribution in [2.45, 2.75) is 59.2 Å². The molecule has 1 aromatic carbocycles. The maximum absolute atomic E-state index is 13.1. The molecular weight excluding hydrogens is 315 g/mol. The average molecular weight is 339 g/mol. The summed E-state index contributed by atoms with van der Waals surface area (Å²) < 4.78 is 30.8. The molecule has 1 atom stereocenters. The first-order valence-electron chi connectivity index (χ1n) is 7.89. The highest BCUT2D eigenvalue weighted by molar-refractivity contribution is 7.17. The Bertz CT molecular complexity index is 627. The summed E-state index contributed by atoms with van der Waals surface area (Å²) in [6, 6.07) is 5.16. The number of nitriles is 1. The van der Waals surface area contributed by atoms with Gasteiger partial charge in [-0.25, -0.2) is 0 Å². The van der Waals surface area contributed by atoms with Crippen molar-refractivity contribution < 1.29 is 13.5 Å². The lowest BCUT2D eigenvalue weighted by Gasteiger charge is -2.19. The van der Waals surface area contributed by atoms with Crippen LogP contribution in [0.2, 0.25) is 0 Å². The molecule has 126 valence electrons. The Morgan fingerprint density at radius 1 is 1.26 bits per heavy atom. The maximum atomic E-state index is 13.1. The van der Waals surface area contributed by atoms with E-state index in [0.29, 0.717) is 0 Å². The third-order valence-electron chi connectivity index (χ3n) is 3.78. The largest absolute Gasteiger partial charge is 0.428 e. The van der Waals surface area contributed by atoms with Crippen LogP contribution in [-0.2, 0) is 0 Å². The quantitative estimate of drug-likeness (QED) is 0.567. The summed E-state index contributed by atoms with van der Waals surface area (Å²) in [6.45, 7) is 8.19. The van der Waals surface area contributed by atoms with E-state index in [4.69, 9.17) is 0 Å². The van der Waals surface area contributed by atoms with E-state index >= 15 is 0 Å². The highest BCUT2D eigenvalue weighted by Gasteiger charge is 2.26. The van der Waals surface area contributed by atoms with E-state index in [1.54, 1.807) is 6.07 Å². The van der Waals surface area contributed by atoms with Gasteiger partial charge in [-0.3, -0.25) is 0 Å². The first kappa shape index (κ1) is 19.6. The lowest BCUT2D eigenvalue weighted by molar-refractivity contribution is -0.0894. The Kier molecular flexibility index (Phi) is 7.16. The molecule has 0 amide bonds. The van der Waals surface area contributed by atoms with Crippen molar-refractivity contribution in [2.24, 2.45) is 0 Å². The van der Waals surface area contributed by atoms with Crippen LogP contribution in [0.15, 0.2) is 17.7 Å². The summed E-state index contributed by atoms with van der Waals surface area (Å²) in [4.78, 5) is 0. The smallest absolute Gasteiger partial charge is 0.408 e. The van der Waals surface area contributed by atoms with E-state index in [9.17, 15) is 14.0 Å². The molecule has 1 rings (SSSR count). The number of ether oxygens (including phenoxy) is 1. The molecule has 0 fully saturated rings. The minimum atomic E-state index is -3.39. The van der Waals surface area contributed by atoms with Crippen LogP contribution in [0.5, 0.6) is 5.75 Å². The summed E-state index contributed by atoms with van der Waals surface area (Å²) >= 11 is 0. The Hall–Kier alpha value is -1.46. The van der Waals surface area contributed by atoms with Crippen molar-refractivity contribution >= 4 is 14.8 Å². The van der Waals surface area contributed by atoms with Gasteiger partial charge in [-0.15, -0.1) is 0 Å². The summed E-state index contributed by atoms with van der Waals surface area (Å²) in [5.41, 5.74) is 4.48. The molecule has 5 heteroatoms. The monoisotopic (exact) mass is 339 g/mol. The zero-order valence-electron chi connectivity index (χ0n) is 14.2. The second-order valence-electron chi connectivity index (χ2n) is 5.48. The van der Waals surface area contributed by atoms with Crippen LogP contribution in [0.4, 0.5) is 8.78 Å². The minimum Gasteiger partial charge on any atom is -0.428 e. The van der Waals surface area contributed by atoms with Crippen molar-refractivity contribution in [1.29, 1.82) is 5.26 Å². The van der Waals surface area contributed by atoms with Crippen molar-refractivity contribution in [2.75, 3.05) is 0 Å². The van der Waals surface area contributed by atoms with E-state index in [0.717, 1.165) is 36.8 Å². The van der Waals surface area contributed by atoms with Crippen molar-refractivity contribution in [3.8, 4) is 11.8 Å². The fourth-order valence-corrected chi connectivity index (χ4v) is 2.93. The Labute approximate surface area is 139 Å². The molecular formula is C18H24F2NOP. The summed E-state index contributed by atoms with van der Waals surface area (Å²) in [6.07, 6.45) is 3.84. The molecule has 0 aliphatic carbocycles. The Balaban J connectivity index is 3.47. The molecule has 0 N–H and O–H groups in total. The highest BCUT2D eigenvalue weighted by atomic mass is 31.0. The number of hydrogen-bond acceptors (Lipinski definition) is 2. The number of hydrogen-bond donors (Lipinski definition) is 0. The van der Waals surface area contributed by atoms with E-state index in [-0.39, 0.29) is 11.3 Å². The third-order valence-corrected chi connectivity index (χ3v) is 3.89. The van der Waals surface area contributed by atoms with Crippen LogP contribution in [0.25, 0.3) is 5.57 Å². The number of rotatable bonds is 7. The van der Waals surface area contributed by atoms with Gasteiger partial charge in [0, 0.05) is 0 Å². The van der Waals surface area contributed by atoms with Crippen LogP contribution in [-0.4, -0.2) is 5.85 Å². The first-order valence-corrected chi connectivity index (χ1v) is 8.46. The summed E-state index contributed by atoms with van der Waals surface area (Å²) in [5.74, 6) is -3.47. The van der Waals surface area contributed by atoms with Crippen LogP contribution in [0.3, 0.4) is 0 Å².